The largest absolute Gasteiger partial charge is 0.307 e. The summed E-state index contributed by atoms with van der Waals surface area (Å²) < 4.78 is 1.27. The molecule has 8 heteroatoms. The summed E-state index contributed by atoms with van der Waals surface area (Å²) in [6, 6.07) is 13.2. The van der Waals surface area contributed by atoms with Crippen molar-refractivity contribution in [1.82, 2.24) is 9.78 Å². The first-order chi connectivity index (χ1) is 12.1. The Kier molecular flexibility index (Phi) is 3.17. The van der Waals surface area contributed by atoms with E-state index >= 15 is 0 Å². The van der Waals surface area contributed by atoms with Crippen molar-refractivity contribution < 1.29 is 14.5 Å². The molecule has 25 heavy (non-hydrogen) atoms. The van der Waals surface area contributed by atoms with Gasteiger partial charge >= 0.3 is 5.69 Å². The summed E-state index contributed by atoms with van der Waals surface area (Å²) in [6.45, 7) is 0. The summed E-state index contributed by atoms with van der Waals surface area (Å²) in [5, 5.41) is 14.8. The number of imide groups is 1. The van der Waals surface area contributed by atoms with Crippen LogP contribution in [0.2, 0.25) is 0 Å². The summed E-state index contributed by atoms with van der Waals surface area (Å²) in [5.41, 5.74) is 1.18. The predicted molar refractivity (Wildman–Crippen MR) is 87.8 cm³/mol. The smallest absolute Gasteiger partial charge is 0.268 e. The molecule has 2 aromatic carbocycles. The molecule has 0 bridgehead atoms. The molecule has 0 N–H and O–H groups in total. The highest BCUT2D eigenvalue weighted by atomic mass is 16.6. The minimum absolute atomic E-state index is 0.183. The number of amides is 2. The third-order valence-corrected chi connectivity index (χ3v) is 3.94. The molecule has 3 aromatic rings. The maximum absolute atomic E-state index is 12.7. The van der Waals surface area contributed by atoms with Gasteiger partial charge in [-0.15, -0.1) is 0 Å². The molecule has 1 aliphatic rings. The Morgan fingerprint density at radius 3 is 2.00 bits per heavy atom. The van der Waals surface area contributed by atoms with Gasteiger partial charge in [0.05, 0.1) is 27.4 Å². The van der Waals surface area contributed by atoms with Crippen molar-refractivity contribution in [2.45, 2.75) is 0 Å². The third kappa shape index (κ3) is 2.19. The van der Waals surface area contributed by atoms with E-state index in [4.69, 9.17) is 0 Å². The molecular formula is C17H10N4O4. The Labute approximate surface area is 141 Å². The topological polar surface area (TPSA) is 98.3 Å². The van der Waals surface area contributed by atoms with Crippen LogP contribution >= 0.6 is 0 Å². The van der Waals surface area contributed by atoms with Crippen molar-refractivity contribution in [3.8, 4) is 5.69 Å². The molecule has 1 aromatic heterocycles. The molecule has 2 amide bonds. The summed E-state index contributed by atoms with van der Waals surface area (Å²) in [6.07, 6.45) is 2.34. The number of hydrogen-bond donors (Lipinski definition) is 0. The van der Waals surface area contributed by atoms with E-state index in [0.29, 0.717) is 22.5 Å². The van der Waals surface area contributed by atoms with Crippen LogP contribution in [0.1, 0.15) is 20.7 Å². The molecule has 0 radical (unpaired) electrons. The van der Waals surface area contributed by atoms with E-state index in [-0.39, 0.29) is 5.69 Å². The van der Waals surface area contributed by atoms with Gasteiger partial charge in [-0.2, -0.15) is 5.10 Å². The number of carbonyl (C=O) groups is 2. The van der Waals surface area contributed by atoms with Crippen molar-refractivity contribution in [2.24, 2.45) is 0 Å². The predicted octanol–water partition coefficient (Wildman–Crippen LogP) is 2.58. The van der Waals surface area contributed by atoms with Gasteiger partial charge in [-0.3, -0.25) is 19.7 Å². The first-order valence-electron chi connectivity index (χ1n) is 7.34. The van der Waals surface area contributed by atoms with Gasteiger partial charge in [0.15, 0.2) is 0 Å². The zero-order valence-electron chi connectivity index (χ0n) is 12.7. The minimum Gasteiger partial charge on any atom is -0.268 e. The van der Waals surface area contributed by atoms with Gasteiger partial charge in [0.25, 0.3) is 11.8 Å². The van der Waals surface area contributed by atoms with E-state index < -0.39 is 16.7 Å². The average molecular weight is 334 g/mol. The van der Waals surface area contributed by atoms with Gasteiger partial charge in [0.1, 0.15) is 12.4 Å². The molecule has 4 rings (SSSR count). The Bertz CT molecular complexity index is 1010. The zero-order valence-corrected chi connectivity index (χ0v) is 12.7. The number of nitro groups is 1. The van der Waals surface area contributed by atoms with Crippen molar-refractivity contribution in [3.05, 3.63) is 82.2 Å². The zero-order chi connectivity index (χ0) is 17.6. The second-order valence-corrected chi connectivity index (χ2v) is 5.38. The van der Waals surface area contributed by atoms with E-state index in [1.807, 2.05) is 0 Å². The second kappa shape index (κ2) is 5.38. The van der Waals surface area contributed by atoms with Crippen LogP contribution in [0.4, 0.5) is 11.4 Å². The number of aromatic nitrogens is 2. The standard InChI is InChI=1S/C17H10N4O4/c22-16-12-5-1-2-6-13(12)17(23)20(16)15-8-4-3-7-14(15)19-10-11(9-18-19)21(24)25/h1-10H. The fraction of sp³-hybridized carbons (Fsp3) is 0. The normalized spacial score (nSPS) is 13.2. The van der Waals surface area contributed by atoms with Gasteiger partial charge in [0, 0.05) is 0 Å². The van der Waals surface area contributed by atoms with Crippen LogP contribution in [0.3, 0.4) is 0 Å². The molecule has 0 saturated heterocycles. The van der Waals surface area contributed by atoms with Crippen molar-refractivity contribution in [3.63, 3.8) is 0 Å². The number of para-hydroxylation sites is 2. The highest BCUT2D eigenvalue weighted by Gasteiger charge is 2.37. The Morgan fingerprint density at radius 2 is 1.44 bits per heavy atom. The number of nitrogens with zero attached hydrogens (tertiary/aromatic N) is 4. The second-order valence-electron chi connectivity index (χ2n) is 5.38. The van der Waals surface area contributed by atoms with Crippen LogP contribution < -0.4 is 4.90 Å². The van der Waals surface area contributed by atoms with Crippen LogP contribution in [0.5, 0.6) is 0 Å². The number of anilines is 1. The summed E-state index contributed by atoms with van der Waals surface area (Å²) in [4.78, 5) is 36.7. The van der Waals surface area contributed by atoms with Crippen molar-refractivity contribution in [2.75, 3.05) is 4.90 Å². The van der Waals surface area contributed by atoms with Crippen molar-refractivity contribution in [1.29, 1.82) is 0 Å². The molecule has 0 fully saturated rings. The van der Waals surface area contributed by atoms with Gasteiger partial charge in [-0.05, 0) is 24.3 Å². The lowest BCUT2D eigenvalue weighted by Crippen LogP contribution is -2.30. The van der Waals surface area contributed by atoms with Crippen molar-refractivity contribution >= 4 is 23.2 Å². The molecule has 122 valence electrons. The first kappa shape index (κ1) is 14.8. The first-order valence-corrected chi connectivity index (χ1v) is 7.34. The van der Waals surface area contributed by atoms with E-state index in [9.17, 15) is 19.7 Å². The van der Waals surface area contributed by atoms with Crippen LogP contribution in [-0.2, 0) is 0 Å². The van der Waals surface area contributed by atoms with Crippen LogP contribution in [0.25, 0.3) is 5.69 Å². The van der Waals surface area contributed by atoms with E-state index in [1.165, 1.54) is 10.9 Å². The quantitative estimate of drug-likeness (QED) is 0.416. The van der Waals surface area contributed by atoms with E-state index in [2.05, 4.69) is 5.10 Å². The lowest BCUT2D eigenvalue weighted by molar-refractivity contribution is -0.384. The fourth-order valence-corrected chi connectivity index (χ4v) is 2.79. The molecule has 0 atom stereocenters. The van der Waals surface area contributed by atoms with Gasteiger partial charge in [-0.1, -0.05) is 24.3 Å². The molecule has 0 spiro atoms. The number of rotatable bonds is 3. The molecule has 1 aliphatic heterocycles. The Morgan fingerprint density at radius 1 is 0.880 bits per heavy atom. The van der Waals surface area contributed by atoms with Crippen LogP contribution in [-0.4, -0.2) is 26.5 Å². The van der Waals surface area contributed by atoms with Gasteiger partial charge in [-0.25, -0.2) is 9.58 Å². The van der Waals surface area contributed by atoms with E-state index in [1.54, 1.807) is 48.5 Å². The van der Waals surface area contributed by atoms with E-state index in [0.717, 1.165) is 11.1 Å². The minimum atomic E-state index is -0.561. The Hall–Kier alpha value is -3.81. The highest BCUT2D eigenvalue weighted by Crippen LogP contribution is 2.32. The summed E-state index contributed by atoms with van der Waals surface area (Å²) in [5.74, 6) is -0.871. The lowest BCUT2D eigenvalue weighted by atomic mass is 10.1. The molecule has 0 saturated carbocycles. The number of carbonyl (C=O) groups excluding carboxylic acids is 2. The fourth-order valence-electron chi connectivity index (χ4n) is 2.79. The molecule has 8 nitrogen and oxygen atoms in total. The maximum Gasteiger partial charge on any atom is 0.307 e. The number of fused-ring (bicyclic) bond motifs is 1. The molecular weight excluding hydrogens is 324 g/mol. The van der Waals surface area contributed by atoms with Gasteiger partial charge < -0.3 is 0 Å². The van der Waals surface area contributed by atoms with Crippen LogP contribution in [0.15, 0.2) is 60.9 Å². The SMILES string of the molecule is O=C1c2ccccc2C(=O)N1c1ccccc1-n1cc([N+](=O)[O-])cn1. The highest BCUT2D eigenvalue weighted by molar-refractivity contribution is 6.34. The molecule has 0 unspecified atom stereocenters. The van der Waals surface area contributed by atoms with Crippen LogP contribution in [0, 0.1) is 10.1 Å². The number of benzene rings is 2. The monoisotopic (exact) mass is 334 g/mol. The summed E-state index contributed by atoms with van der Waals surface area (Å²) >= 11 is 0. The maximum atomic E-state index is 12.7. The molecule has 0 aliphatic carbocycles. The Balaban J connectivity index is 1.84. The lowest BCUT2D eigenvalue weighted by Gasteiger charge is -2.17. The number of hydrogen-bond acceptors (Lipinski definition) is 5. The average Bonchev–Trinajstić information content (AvgIpc) is 3.20. The third-order valence-electron chi connectivity index (χ3n) is 3.94. The molecule has 2 heterocycles. The van der Waals surface area contributed by atoms with Gasteiger partial charge in [0.2, 0.25) is 0 Å². The summed E-state index contributed by atoms with van der Waals surface area (Å²) in [7, 11) is 0.